The Kier molecular flexibility index (Phi) is 5.05. The number of carbonyl (C=O) groups excluding carboxylic acids is 1. The fourth-order valence-electron chi connectivity index (χ4n) is 3.60. The SMILES string of the molecule is NC1CNC(F)C(c2cccc(NC(=O)c3ncc(Cl)cc3F)c2)(C2CC2)O1. The molecule has 1 aliphatic carbocycles. The highest BCUT2D eigenvalue weighted by atomic mass is 35.5. The van der Waals surface area contributed by atoms with E-state index in [1.165, 1.54) is 6.20 Å². The summed E-state index contributed by atoms with van der Waals surface area (Å²) in [4.78, 5) is 16.1. The number of hydrogen-bond donors (Lipinski definition) is 3. The van der Waals surface area contributed by atoms with E-state index in [4.69, 9.17) is 22.1 Å². The number of carbonyl (C=O) groups is 1. The van der Waals surface area contributed by atoms with Gasteiger partial charge >= 0.3 is 0 Å². The summed E-state index contributed by atoms with van der Waals surface area (Å²) in [5.74, 6) is -1.57. The first-order valence-corrected chi connectivity index (χ1v) is 9.31. The summed E-state index contributed by atoms with van der Waals surface area (Å²) in [6.45, 7) is 0.216. The lowest BCUT2D eigenvalue weighted by Crippen LogP contribution is -2.60. The molecule has 1 saturated carbocycles. The van der Waals surface area contributed by atoms with Gasteiger partial charge in [0.15, 0.2) is 17.8 Å². The number of alkyl halides is 1. The lowest BCUT2D eigenvalue weighted by Gasteiger charge is -2.44. The maximum absolute atomic E-state index is 15.0. The van der Waals surface area contributed by atoms with Crippen LogP contribution in [0.1, 0.15) is 28.9 Å². The molecule has 1 aliphatic heterocycles. The van der Waals surface area contributed by atoms with Crippen molar-refractivity contribution < 1.29 is 18.3 Å². The van der Waals surface area contributed by atoms with Gasteiger partial charge in [0.05, 0.1) is 5.02 Å². The van der Waals surface area contributed by atoms with E-state index in [1.54, 1.807) is 24.3 Å². The molecule has 1 aromatic carbocycles. The standard InChI is InChI=1S/C19H19ClF2N4O2/c20-12-7-14(21)16(24-8-12)17(27)26-13-3-1-2-11(6-13)19(10-4-5-10)18(22)25-9-15(23)28-19/h1-3,6-8,10,15,18,25H,4-5,9,23H2,(H,26,27). The predicted octanol–water partition coefficient (Wildman–Crippen LogP) is 2.93. The molecule has 28 heavy (non-hydrogen) atoms. The summed E-state index contributed by atoms with van der Waals surface area (Å²) in [7, 11) is 0. The minimum Gasteiger partial charge on any atom is -0.346 e. The molecule has 4 N–H and O–H groups in total. The van der Waals surface area contributed by atoms with Crippen molar-refractivity contribution in [2.45, 2.75) is 31.0 Å². The number of rotatable bonds is 4. The van der Waals surface area contributed by atoms with Gasteiger partial charge in [-0.3, -0.25) is 10.1 Å². The van der Waals surface area contributed by atoms with Crippen LogP contribution in [0.25, 0.3) is 0 Å². The van der Waals surface area contributed by atoms with Crippen molar-refractivity contribution in [1.29, 1.82) is 0 Å². The average molecular weight is 409 g/mol. The highest BCUT2D eigenvalue weighted by molar-refractivity contribution is 6.30. The Bertz CT molecular complexity index is 911. The zero-order chi connectivity index (χ0) is 19.9. The van der Waals surface area contributed by atoms with Crippen molar-refractivity contribution in [3.63, 3.8) is 0 Å². The number of amides is 1. The molecule has 2 heterocycles. The fraction of sp³-hybridized carbons (Fsp3) is 0.368. The molecule has 6 nitrogen and oxygen atoms in total. The number of hydrogen-bond acceptors (Lipinski definition) is 5. The van der Waals surface area contributed by atoms with Gasteiger partial charge in [-0.25, -0.2) is 13.8 Å². The van der Waals surface area contributed by atoms with Crippen molar-refractivity contribution in [2.75, 3.05) is 11.9 Å². The van der Waals surface area contributed by atoms with E-state index in [0.717, 1.165) is 18.9 Å². The summed E-state index contributed by atoms with van der Waals surface area (Å²) in [5, 5.41) is 5.44. The van der Waals surface area contributed by atoms with Crippen LogP contribution in [0, 0.1) is 11.7 Å². The van der Waals surface area contributed by atoms with Gasteiger partial charge in [0, 0.05) is 18.4 Å². The number of nitrogens with zero attached hydrogens (tertiary/aromatic N) is 1. The molecule has 2 aliphatic rings. The van der Waals surface area contributed by atoms with E-state index in [2.05, 4.69) is 15.6 Å². The number of benzene rings is 1. The Morgan fingerprint density at radius 2 is 2.18 bits per heavy atom. The summed E-state index contributed by atoms with van der Waals surface area (Å²) < 4.78 is 34.8. The van der Waals surface area contributed by atoms with Gasteiger partial charge in [0.25, 0.3) is 5.91 Å². The zero-order valence-electron chi connectivity index (χ0n) is 14.8. The van der Waals surface area contributed by atoms with Crippen LogP contribution in [0.15, 0.2) is 36.5 Å². The van der Waals surface area contributed by atoms with Crippen LogP contribution in [0.2, 0.25) is 5.02 Å². The molecule has 0 radical (unpaired) electrons. The minimum atomic E-state index is -1.43. The van der Waals surface area contributed by atoms with E-state index in [0.29, 0.717) is 11.3 Å². The molecule has 0 bridgehead atoms. The van der Waals surface area contributed by atoms with E-state index in [1.807, 2.05) is 0 Å². The highest BCUT2D eigenvalue weighted by Crippen LogP contribution is 2.52. The second-order valence-electron chi connectivity index (χ2n) is 7.01. The first-order chi connectivity index (χ1) is 13.4. The Labute approximate surface area is 165 Å². The fourth-order valence-corrected chi connectivity index (χ4v) is 3.75. The molecule has 3 atom stereocenters. The van der Waals surface area contributed by atoms with Gasteiger partial charge in [0.1, 0.15) is 11.8 Å². The number of morpholine rings is 1. The quantitative estimate of drug-likeness (QED) is 0.677. The molecule has 1 saturated heterocycles. The molecule has 148 valence electrons. The molecule has 9 heteroatoms. The third-order valence-electron chi connectivity index (χ3n) is 5.00. The topological polar surface area (TPSA) is 89.3 Å². The van der Waals surface area contributed by atoms with Gasteiger partial charge in [-0.05, 0) is 42.5 Å². The Morgan fingerprint density at radius 1 is 1.39 bits per heavy atom. The molecule has 2 aromatic rings. The smallest absolute Gasteiger partial charge is 0.277 e. The average Bonchev–Trinajstić information content (AvgIpc) is 3.49. The number of nitrogens with one attached hydrogen (secondary N) is 2. The van der Waals surface area contributed by atoms with Crippen LogP contribution >= 0.6 is 11.6 Å². The van der Waals surface area contributed by atoms with Crippen molar-refractivity contribution in [1.82, 2.24) is 10.3 Å². The number of anilines is 1. The van der Waals surface area contributed by atoms with E-state index >= 15 is 0 Å². The normalized spacial score (nSPS) is 27.4. The maximum Gasteiger partial charge on any atom is 0.277 e. The van der Waals surface area contributed by atoms with E-state index in [-0.39, 0.29) is 23.2 Å². The summed E-state index contributed by atoms with van der Waals surface area (Å²) >= 11 is 5.67. The van der Waals surface area contributed by atoms with Crippen molar-refractivity contribution in [3.8, 4) is 0 Å². The number of nitrogens with two attached hydrogens (primary N) is 1. The second-order valence-corrected chi connectivity index (χ2v) is 7.45. The van der Waals surface area contributed by atoms with Gasteiger partial charge < -0.3 is 15.8 Å². The Morgan fingerprint density at radius 3 is 2.89 bits per heavy atom. The molecule has 1 amide bonds. The van der Waals surface area contributed by atoms with Crippen LogP contribution in [0.5, 0.6) is 0 Å². The van der Waals surface area contributed by atoms with Gasteiger partial charge in [0.2, 0.25) is 0 Å². The molecule has 3 unspecified atom stereocenters. The Hall–Kier alpha value is -2.13. The summed E-state index contributed by atoms with van der Waals surface area (Å²) in [5.41, 5.74) is 5.25. The largest absolute Gasteiger partial charge is 0.346 e. The number of ether oxygens (including phenoxy) is 1. The predicted molar refractivity (Wildman–Crippen MR) is 100.0 cm³/mol. The van der Waals surface area contributed by atoms with Crippen LogP contribution in [0.3, 0.4) is 0 Å². The van der Waals surface area contributed by atoms with Crippen LogP contribution < -0.4 is 16.4 Å². The molecular weight excluding hydrogens is 390 g/mol. The summed E-state index contributed by atoms with van der Waals surface area (Å²) in [6, 6.07) is 7.67. The minimum absolute atomic E-state index is 0.0114. The third-order valence-corrected chi connectivity index (χ3v) is 5.21. The lowest BCUT2D eigenvalue weighted by molar-refractivity contribution is -0.189. The molecule has 2 fully saturated rings. The van der Waals surface area contributed by atoms with Crippen molar-refractivity contribution in [2.24, 2.45) is 11.7 Å². The van der Waals surface area contributed by atoms with Gasteiger partial charge in [-0.2, -0.15) is 0 Å². The van der Waals surface area contributed by atoms with Crippen LogP contribution in [-0.4, -0.2) is 30.0 Å². The molecular formula is C19H19ClF2N4O2. The molecule has 4 rings (SSSR count). The van der Waals surface area contributed by atoms with Crippen LogP contribution in [0.4, 0.5) is 14.5 Å². The monoisotopic (exact) mass is 408 g/mol. The maximum atomic E-state index is 15.0. The summed E-state index contributed by atoms with van der Waals surface area (Å²) in [6.07, 6.45) is 0.769. The van der Waals surface area contributed by atoms with Gasteiger partial charge in [-0.1, -0.05) is 23.7 Å². The molecule has 0 spiro atoms. The molecule has 1 aromatic heterocycles. The number of aromatic nitrogens is 1. The van der Waals surface area contributed by atoms with E-state index < -0.39 is 29.8 Å². The highest BCUT2D eigenvalue weighted by Gasteiger charge is 2.56. The lowest BCUT2D eigenvalue weighted by atomic mass is 9.85. The van der Waals surface area contributed by atoms with Crippen molar-refractivity contribution >= 4 is 23.2 Å². The van der Waals surface area contributed by atoms with Crippen molar-refractivity contribution in [3.05, 3.63) is 58.6 Å². The second kappa shape index (κ2) is 7.36. The Balaban J connectivity index is 1.63. The third kappa shape index (κ3) is 3.48. The number of halogens is 3. The zero-order valence-corrected chi connectivity index (χ0v) is 15.5. The van der Waals surface area contributed by atoms with E-state index in [9.17, 15) is 13.6 Å². The first kappa shape index (κ1) is 19.2. The van der Waals surface area contributed by atoms with Crippen LogP contribution in [-0.2, 0) is 10.3 Å². The van der Waals surface area contributed by atoms with Gasteiger partial charge in [-0.15, -0.1) is 0 Å². The first-order valence-electron chi connectivity index (χ1n) is 8.94. The number of pyridine rings is 1.